The van der Waals surface area contributed by atoms with Gasteiger partial charge in [0.25, 0.3) is 5.92 Å². The highest BCUT2D eigenvalue weighted by Crippen LogP contribution is 2.22. The summed E-state index contributed by atoms with van der Waals surface area (Å²) in [6, 6.07) is 0. The van der Waals surface area contributed by atoms with Crippen LogP contribution < -0.4 is 0 Å². The van der Waals surface area contributed by atoms with Crippen molar-refractivity contribution in [1.29, 1.82) is 0 Å². The Morgan fingerprint density at radius 3 is 2.30 bits per heavy atom. The predicted octanol–water partition coefficient (Wildman–Crippen LogP) is 1.46. The van der Waals surface area contributed by atoms with Gasteiger partial charge in [0, 0.05) is 6.42 Å². The molecule has 5 heteroatoms. The molecular formula is C5H7F3O2. The van der Waals surface area contributed by atoms with Gasteiger partial charge in [0.15, 0.2) is 0 Å². The van der Waals surface area contributed by atoms with Gasteiger partial charge in [0.2, 0.25) is 0 Å². The first kappa shape index (κ1) is 9.26. The summed E-state index contributed by atoms with van der Waals surface area (Å²) in [4.78, 5) is 9.69. The fraction of sp³-hybridized carbons (Fsp3) is 0.800. The summed E-state index contributed by atoms with van der Waals surface area (Å²) in [5.41, 5.74) is 0. The Balaban J connectivity index is 3.74. The summed E-state index contributed by atoms with van der Waals surface area (Å²) in [6.07, 6.45) is -2.31. The normalized spacial score (nSPS) is 11.5. The maximum Gasteiger partial charge on any atom is 0.309 e. The fourth-order valence-corrected chi connectivity index (χ4v) is 0.448. The molecule has 10 heavy (non-hydrogen) atoms. The number of carbonyl (C=O) groups is 1. The molecule has 0 radical (unpaired) electrons. The van der Waals surface area contributed by atoms with E-state index in [4.69, 9.17) is 5.11 Å². The molecule has 0 aromatic rings. The molecule has 0 atom stereocenters. The van der Waals surface area contributed by atoms with E-state index in [-0.39, 0.29) is 0 Å². The Bertz CT molecular complexity index is 124. The van der Waals surface area contributed by atoms with E-state index >= 15 is 0 Å². The van der Waals surface area contributed by atoms with Crippen LogP contribution in [-0.2, 0) is 4.79 Å². The second-order valence-electron chi connectivity index (χ2n) is 1.87. The average molecular weight is 156 g/mol. The van der Waals surface area contributed by atoms with Crippen molar-refractivity contribution < 1.29 is 23.1 Å². The first-order chi connectivity index (χ1) is 4.48. The monoisotopic (exact) mass is 156 g/mol. The Labute approximate surface area is 55.7 Å². The molecule has 2 nitrogen and oxygen atoms in total. The Hall–Kier alpha value is -0.740. The molecule has 0 amide bonds. The van der Waals surface area contributed by atoms with Crippen molar-refractivity contribution in [3.8, 4) is 0 Å². The van der Waals surface area contributed by atoms with Crippen LogP contribution in [0.15, 0.2) is 0 Å². The van der Waals surface area contributed by atoms with Crippen molar-refractivity contribution >= 4 is 5.97 Å². The quantitative estimate of drug-likeness (QED) is 0.668. The Morgan fingerprint density at radius 1 is 1.50 bits per heavy atom. The van der Waals surface area contributed by atoms with Crippen molar-refractivity contribution in [2.24, 2.45) is 0 Å². The number of carboxylic acid groups (broad SMARTS) is 1. The van der Waals surface area contributed by atoms with E-state index in [9.17, 15) is 18.0 Å². The van der Waals surface area contributed by atoms with Gasteiger partial charge < -0.3 is 5.11 Å². The van der Waals surface area contributed by atoms with Crippen LogP contribution in [0.3, 0.4) is 0 Å². The van der Waals surface area contributed by atoms with Gasteiger partial charge >= 0.3 is 5.97 Å². The zero-order chi connectivity index (χ0) is 8.20. The topological polar surface area (TPSA) is 37.3 Å². The minimum atomic E-state index is -3.40. The lowest BCUT2D eigenvalue weighted by Gasteiger charge is -2.10. The molecule has 0 aliphatic rings. The minimum Gasteiger partial charge on any atom is -0.481 e. The Morgan fingerprint density at radius 2 is 2.00 bits per heavy atom. The molecule has 0 saturated heterocycles. The standard InChI is InChI=1S/C5H7F3O2/c6-2-1-5(7,8)3-4(9)10/h1-3H2,(H,9,10). The third-order valence-electron chi connectivity index (χ3n) is 0.870. The zero-order valence-corrected chi connectivity index (χ0v) is 5.11. The number of aliphatic carboxylic acids is 1. The van der Waals surface area contributed by atoms with Gasteiger partial charge in [-0.2, -0.15) is 0 Å². The zero-order valence-electron chi connectivity index (χ0n) is 5.11. The van der Waals surface area contributed by atoms with E-state index in [0.717, 1.165) is 0 Å². The minimum absolute atomic E-state index is 1.01. The van der Waals surface area contributed by atoms with Gasteiger partial charge in [0.05, 0.1) is 6.67 Å². The van der Waals surface area contributed by atoms with Crippen molar-refractivity contribution in [3.63, 3.8) is 0 Å². The van der Waals surface area contributed by atoms with Crippen LogP contribution in [0.2, 0.25) is 0 Å². The van der Waals surface area contributed by atoms with Gasteiger partial charge in [-0.3, -0.25) is 9.18 Å². The number of rotatable bonds is 4. The molecule has 60 valence electrons. The highest BCUT2D eigenvalue weighted by molar-refractivity contribution is 5.67. The van der Waals surface area contributed by atoms with Crippen LogP contribution in [0.25, 0.3) is 0 Å². The van der Waals surface area contributed by atoms with E-state index in [2.05, 4.69) is 0 Å². The maximum absolute atomic E-state index is 12.1. The third-order valence-corrected chi connectivity index (χ3v) is 0.870. The van der Waals surface area contributed by atoms with E-state index in [1.807, 2.05) is 0 Å². The number of hydrogen-bond donors (Lipinski definition) is 1. The van der Waals surface area contributed by atoms with Crippen LogP contribution in [0.4, 0.5) is 13.2 Å². The number of halogens is 3. The summed E-state index contributed by atoms with van der Waals surface area (Å²) < 4.78 is 35.4. The molecule has 0 spiro atoms. The van der Waals surface area contributed by atoms with E-state index in [0.29, 0.717) is 0 Å². The molecule has 0 rings (SSSR count). The number of carboxylic acids is 1. The molecule has 0 saturated carbocycles. The Kier molecular flexibility index (Phi) is 3.18. The lowest BCUT2D eigenvalue weighted by atomic mass is 10.2. The van der Waals surface area contributed by atoms with Crippen molar-refractivity contribution in [2.75, 3.05) is 6.67 Å². The summed E-state index contributed by atoms with van der Waals surface area (Å²) in [5, 5.41) is 7.87. The molecule has 0 aromatic carbocycles. The molecule has 0 fully saturated rings. The number of hydrogen-bond acceptors (Lipinski definition) is 1. The van der Waals surface area contributed by atoms with Gasteiger partial charge in [-0.05, 0) is 0 Å². The highest BCUT2D eigenvalue weighted by Gasteiger charge is 2.31. The summed E-state index contributed by atoms with van der Waals surface area (Å²) in [6.45, 7) is -1.19. The molecule has 0 unspecified atom stereocenters. The smallest absolute Gasteiger partial charge is 0.309 e. The van der Waals surface area contributed by atoms with Crippen LogP contribution in [0.1, 0.15) is 12.8 Å². The van der Waals surface area contributed by atoms with E-state index in [1.165, 1.54) is 0 Å². The van der Waals surface area contributed by atoms with Gasteiger partial charge in [-0.15, -0.1) is 0 Å². The summed E-state index contributed by atoms with van der Waals surface area (Å²) in [7, 11) is 0. The number of alkyl halides is 3. The average Bonchev–Trinajstić information content (AvgIpc) is 1.59. The molecule has 1 N–H and O–H groups in total. The van der Waals surface area contributed by atoms with Gasteiger partial charge in [-0.1, -0.05) is 0 Å². The van der Waals surface area contributed by atoms with Crippen LogP contribution in [-0.4, -0.2) is 23.7 Å². The van der Waals surface area contributed by atoms with Crippen molar-refractivity contribution in [2.45, 2.75) is 18.8 Å². The molecule has 0 heterocycles. The first-order valence-electron chi connectivity index (χ1n) is 2.63. The second kappa shape index (κ2) is 3.43. The van der Waals surface area contributed by atoms with E-state index < -0.39 is 31.4 Å². The maximum atomic E-state index is 12.1. The van der Waals surface area contributed by atoms with Gasteiger partial charge in [0.1, 0.15) is 6.42 Å². The van der Waals surface area contributed by atoms with Crippen molar-refractivity contribution in [1.82, 2.24) is 0 Å². The largest absolute Gasteiger partial charge is 0.481 e. The molecule has 0 aliphatic carbocycles. The van der Waals surface area contributed by atoms with Crippen molar-refractivity contribution in [3.05, 3.63) is 0 Å². The van der Waals surface area contributed by atoms with Crippen LogP contribution >= 0.6 is 0 Å². The molecule has 0 aromatic heterocycles. The fourth-order valence-electron chi connectivity index (χ4n) is 0.448. The predicted molar refractivity (Wildman–Crippen MR) is 27.8 cm³/mol. The lowest BCUT2D eigenvalue weighted by Crippen LogP contribution is -2.21. The second-order valence-corrected chi connectivity index (χ2v) is 1.87. The SMILES string of the molecule is O=C(O)CC(F)(F)CCF. The molecular weight excluding hydrogens is 149 g/mol. The van der Waals surface area contributed by atoms with Crippen LogP contribution in [0.5, 0.6) is 0 Å². The summed E-state index contributed by atoms with van der Waals surface area (Å²) in [5.74, 6) is -5.01. The first-order valence-corrected chi connectivity index (χ1v) is 2.63. The van der Waals surface area contributed by atoms with Crippen LogP contribution in [0, 0.1) is 0 Å². The lowest BCUT2D eigenvalue weighted by molar-refractivity contribution is -0.145. The molecule has 0 bridgehead atoms. The molecule has 0 aliphatic heterocycles. The van der Waals surface area contributed by atoms with E-state index in [1.54, 1.807) is 0 Å². The third kappa shape index (κ3) is 4.17. The highest BCUT2D eigenvalue weighted by atomic mass is 19.3. The summed E-state index contributed by atoms with van der Waals surface area (Å²) >= 11 is 0. The van der Waals surface area contributed by atoms with Gasteiger partial charge in [-0.25, -0.2) is 8.78 Å².